The molecule has 0 radical (unpaired) electrons. The molecule has 3 aliphatic carbocycles. The summed E-state index contributed by atoms with van der Waals surface area (Å²) in [5.74, 6) is 0. The monoisotopic (exact) mass is 200 g/mol. The van der Waals surface area contributed by atoms with Crippen molar-refractivity contribution in [1.29, 1.82) is 0 Å². The van der Waals surface area contributed by atoms with Gasteiger partial charge in [-0.05, 0) is 31.2 Å². The average molecular weight is 200 g/mol. The van der Waals surface area contributed by atoms with Crippen molar-refractivity contribution < 1.29 is 4.74 Å². The maximum Gasteiger partial charge on any atom is 0.105 e. The molecule has 0 saturated heterocycles. The Hall–Kier alpha value is -0.820. The molecule has 0 amide bonds. The smallest absolute Gasteiger partial charge is 0.105 e. The highest BCUT2D eigenvalue weighted by Gasteiger charge is 2.96. The lowest BCUT2D eigenvalue weighted by Crippen LogP contribution is -2.15. The highest BCUT2D eigenvalue weighted by molar-refractivity contribution is 5.51. The number of hydrogen-bond acceptors (Lipinski definition) is 1. The summed E-state index contributed by atoms with van der Waals surface area (Å²) in [5, 5.41) is 0. The van der Waals surface area contributed by atoms with Crippen LogP contribution in [0.1, 0.15) is 31.2 Å². The predicted molar refractivity (Wildman–Crippen MR) is 58.5 cm³/mol. The molecule has 1 aromatic carbocycles. The first-order valence-electron chi connectivity index (χ1n) is 5.94. The Morgan fingerprint density at radius 2 is 1.47 bits per heavy atom. The van der Waals surface area contributed by atoms with Crippen molar-refractivity contribution in [2.75, 3.05) is 7.11 Å². The van der Waals surface area contributed by atoms with Crippen LogP contribution in [-0.2, 0) is 10.3 Å². The molecule has 1 aromatic rings. The predicted octanol–water partition coefficient (Wildman–Crippen LogP) is 3.10. The molecule has 2 spiro atoms. The Morgan fingerprint density at radius 3 is 1.87 bits per heavy atom. The molecule has 15 heavy (non-hydrogen) atoms. The van der Waals surface area contributed by atoms with Gasteiger partial charge >= 0.3 is 0 Å². The molecule has 0 heterocycles. The summed E-state index contributed by atoms with van der Waals surface area (Å²) in [7, 11) is 1.90. The van der Waals surface area contributed by atoms with E-state index in [1.54, 1.807) is 0 Å². The highest BCUT2D eigenvalue weighted by atomic mass is 16.5. The Labute approximate surface area is 90.4 Å². The zero-order valence-electron chi connectivity index (χ0n) is 9.12. The van der Waals surface area contributed by atoms with E-state index < -0.39 is 0 Å². The van der Waals surface area contributed by atoms with E-state index >= 15 is 0 Å². The normalized spacial score (nSPS) is 30.5. The maximum atomic E-state index is 5.99. The first-order chi connectivity index (χ1) is 7.33. The second-order valence-electron chi connectivity index (χ2n) is 5.42. The molecular formula is C14H16O. The molecule has 1 nitrogen and oxygen atoms in total. The van der Waals surface area contributed by atoms with Gasteiger partial charge in [0.15, 0.2) is 0 Å². The molecule has 3 saturated carbocycles. The lowest BCUT2D eigenvalue weighted by Gasteiger charge is -2.17. The van der Waals surface area contributed by atoms with E-state index in [9.17, 15) is 0 Å². The minimum Gasteiger partial charge on any atom is -0.372 e. The molecule has 3 aliphatic rings. The summed E-state index contributed by atoms with van der Waals surface area (Å²) >= 11 is 0. The molecular weight excluding hydrogens is 184 g/mol. The second-order valence-corrected chi connectivity index (χ2v) is 5.42. The van der Waals surface area contributed by atoms with Crippen molar-refractivity contribution in [3.63, 3.8) is 0 Å². The van der Waals surface area contributed by atoms with E-state index in [4.69, 9.17) is 4.74 Å². The van der Waals surface area contributed by atoms with Crippen LogP contribution in [0, 0.1) is 10.8 Å². The van der Waals surface area contributed by atoms with Crippen LogP contribution in [0.5, 0.6) is 0 Å². The third-order valence-corrected chi connectivity index (χ3v) is 5.19. The largest absolute Gasteiger partial charge is 0.372 e. The van der Waals surface area contributed by atoms with Crippen LogP contribution in [0.15, 0.2) is 30.3 Å². The number of ether oxygens (including phenoxy) is 1. The van der Waals surface area contributed by atoms with Crippen LogP contribution in [0.2, 0.25) is 0 Å². The first-order valence-corrected chi connectivity index (χ1v) is 5.94. The fourth-order valence-electron chi connectivity index (χ4n) is 4.45. The van der Waals surface area contributed by atoms with E-state index in [2.05, 4.69) is 30.3 Å². The molecule has 0 aliphatic heterocycles. The van der Waals surface area contributed by atoms with Crippen LogP contribution in [0.25, 0.3) is 0 Å². The van der Waals surface area contributed by atoms with Crippen molar-refractivity contribution in [3.05, 3.63) is 35.9 Å². The molecule has 1 heteroatoms. The van der Waals surface area contributed by atoms with Crippen LogP contribution >= 0.6 is 0 Å². The standard InChI is InChI=1S/C14H16O/c1-15-14(11-5-3-2-4-6-11)12(7-8-12)13(14)9-10-13/h2-6H,7-10H2,1H3. The van der Waals surface area contributed by atoms with Gasteiger partial charge in [-0.1, -0.05) is 30.3 Å². The van der Waals surface area contributed by atoms with E-state index in [0.717, 1.165) is 0 Å². The second kappa shape index (κ2) is 2.15. The van der Waals surface area contributed by atoms with Gasteiger partial charge in [-0.3, -0.25) is 0 Å². The Kier molecular flexibility index (Phi) is 1.19. The van der Waals surface area contributed by atoms with Gasteiger partial charge in [0, 0.05) is 17.9 Å². The number of benzene rings is 1. The fourth-order valence-corrected chi connectivity index (χ4v) is 4.45. The Morgan fingerprint density at radius 1 is 0.933 bits per heavy atom. The molecule has 4 rings (SSSR count). The van der Waals surface area contributed by atoms with Gasteiger partial charge in [0.1, 0.15) is 5.60 Å². The van der Waals surface area contributed by atoms with Crippen molar-refractivity contribution in [2.24, 2.45) is 10.8 Å². The molecule has 0 N–H and O–H groups in total. The molecule has 78 valence electrons. The molecule has 0 unspecified atom stereocenters. The van der Waals surface area contributed by atoms with Gasteiger partial charge in [-0.2, -0.15) is 0 Å². The number of hydrogen-bond donors (Lipinski definition) is 0. The van der Waals surface area contributed by atoms with Gasteiger partial charge < -0.3 is 4.74 Å². The number of fused-ring (bicyclic) bond motifs is 1. The maximum absolute atomic E-state index is 5.99. The van der Waals surface area contributed by atoms with Gasteiger partial charge in [-0.25, -0.2) is 0 Å². The van der Waals surface area contributed by atoms with Crippen molar-refractivity contribution in [1.82, 2.24) is 0 Å². The summed E-state index contributed by atoms with van der Waals surface area (Å²) in [6.07, 6.45) is 5.54. The van der Waals surface area contributed by atoms with E-state index in [-0.39, 0.29) is 5.60 Å². The van der Waals surface area contributed by atoms with Crippen LogP contribution in [0.3, 0.4) is 0 Å². The zero-order chi connectivity index (χ0) is 10.1. The van der Waals surface area contributed by atoms with E-state index in [0.29, 0.717) is 10.8 Å². The minimum absolute atomic E-state index is 0.0985. The van der Waals surface area contributed by atoms with Crippen LogP contribution < -0.4 is 0 Å². The molecule has 0 aromatic heterocycles. The van der Waals surface area contributed by atoms with Crippen molar-refractivity contribution >= 4 is 0 Å². The summed E-state index contributed by atoms with van der Waals surface area (Å²) in [5.41, 5.74) is 2.62. The third-order valence-electron chi connectivity index (χ3n) is 5.19. The molecule has 3 fully saturated rings. The summed E-state index contributed by atoms with van der Waals surface area (Å²) in [6.45, 7) is 0. The van der Waals surface area contributed by atoms with Crippen molar-refractivity contribution in [2.45, 2.75) is 31.3 Å². The molecule has 0 bridgehead atoms. The lowest BCUT2D eigenvalue weighted by atomic mass is 10.0. The van der Waals surface area contributed by atoms with Gasteiger partial charge in [0.25, 0.3) is 0 Å². The van der Waals surface area contributed by atoms with Crippen LogP contribution in [0.4, 0.5) is 0 Å². The Bertz CT molecular complexity index is 394. The zero-order valence-corrected chi connectivity index (χ0v) is 9.12. The SMILES string of the molecule is COC1(c2ccccc2)C2(CC2)C12CC2. The number of rotatable bonds is 2. The first kappa shape index (κ1) is 8.35. The minimum atomic E-state index is 0.0985. The van der Waals surface area contributed by atoms with E-state index in [1.807, 2.05) is 7.11 Å². The fraction of sp³-hybridized carbons (Fsp3) is 0.571. The van der Waals surface area contributed by atoms with Crippen LogP contribution in [-0.4, -0.2) is 7.11 Å². The van der Waals surface area contributed by atoms with Gasteiger partial charge in [0.05, 0.1) is 0 Å². The number of methoxy groups -OCH3 is 1. The lowest BCUT2D eigenvalue weighted by molar-refractivity contribution is 0.0453. The highest BCUT2D eigenvalue weighted by Crippen LogP contribution is 2.98. The third kappa shape index (κ3) is 0.629. The summed E-state index contributed by atoms with van der Waals surface area (Å²) in [6, 6.07) is 10.9. The summed E-state index contributed by atoms with van der Waals surface area (Å²) < 4.78 is 5.99. The summed E-state index contributed by atoms with van der Waals surface area (Å²) in [4.78, 5) is 0. The van der Waals surface area contributed by atoms with Gasteiger partial charge in [-0.15, -0.1) is 0 Å². The average Bonchev–Trinajstić information content (AvgIpc) is 3.16. The van der Waals surface area contributed by atoms with Gasteiger partial charge in [0.2, 0.25) is 0 Å². The molecule has 0 atom stereocenters. The van der Waals surface area contributed by atoms with Crippen molar-refractivity contribution in [3.8, 4) is 0 Å². The van der Waals surface area contributed by atoms with E-state index in [1.165, 1.54) is 31.2 Å². The topological polar surface area (TPSA) is 9.23 Å². The quantitative estimate of drug-likeness (QED) is 0.712. The Balaban J connectivity index is 1.87.